The second-order valence-corrected chi connectivity index (χ2v) is 5.40. The Bertz CT molecular complexity index is 542. The molecule has 0 saturated carbocycles. The largest absolute Gasteiger partial charge is 0.454 e. The van der Waals surface area contributed by atoms with Gasteiger partial charge in [-0.15, -0.1) is 0 Å². The van der Waals surface area contributed by atoms with E-state index >= 15 is 0 Å². The summed E-state index contributed by atoms with van der Waals surface area (Å²) in [7, 11) is 0. The van der Waals surface area contributed by atoms with E-state index < -0.39 is 0 Å². The molecule has 0 fully saturated rings. The maximum absolute atomic E-state index is 6.24. The molecule has 3 nitrogen and oxygen atoms in total. The minimum absolute atomic E-state index is 0.148. The molecule has 1 aromatic carbocycles. The van der Waals surface area contributed by atoms with Gasteiger partial charge in [0.1, 0.15) is 0 Å². The summed E-state index contributed by atoms with van der Waals surface area (Å²) in [5, 5.41) is 4.08. The second kappa shape index (κ2) is 4.33. The zero-order valence-corrected chi connectivity index (χ0v) is 11.3. The Balaban J connectivity index is 2.03. The lowest BCUT2D eigenvalue weighted by molar-refractivity contribution is 0.174. The molecule has 1 aliphatic rings. The summed E-state index contributed by atoms with van der Waals surface area (Å²) in [4.78, 5) is 0. The average molecular weight is 312 g/mol. The van der Waals surface area contributed by atoms with E-state index in [1.165, 1.54) is 0 Å². The minimum Gasteiger partial charge on any atom is -0.454 e. The van der Waals surface area contributed by atoms with E-state index in [0.29, 0.717) is 0 Å². The van der Waals surface area contributed by atoms with Crippen LogP contribution in [-0.4, -0.2) is 6.79 Å². The Labute approximate surface area is 111 Å². The van der Waals surface area contributed by atoms with Crippen molar-refractivity contribution in [1.82, 2.24) is 0 Å². The highest BCUT2D eigenvalue weighted by atomic mass is 79.9. The van der Waals surface area contributed by atoms with E-state index in [1.807, 2.05) is 23.6 Å². The van der Waals surface area contributed by atoms with Gasteiger partial charge in [-0.3, -0.25) is 0 Å². The SMILES string of the molecule is N[C@H](c1ccsc1)c1cc2c(cc1Br)OCO2. The average Bonchev–Trinajstić information content (AvgIpc) is 2.97. The molecule has 5 heteroatoms. The van der Waals surface area contributed by atoms with Crippen LogP contribution >= 0.6 is 27.3 Å². The van der Waals surface area contributed by atoms with Crippen molar-refractivity contribution in [2.45, 2.75) is 6.04 Å². The third-order valence-corrected chi connectivity index (χ3v) is 4.12. The van der Waals surface area contributed by atoms with E-state index in [-0.39, 0.29) is 12.8 Å². The molecular weight excluding hydrogens is 302 g/mol. The summed E-state index contributed by atoms with van der Waals surface area (Å²) in [5.41, 5.74) is 8.35. The molecule has 3 rings (SSSR count). The molecular formula is C12H10BrNO2S. The number of benzene rings is 1. The molecule has 0 bridgehead atoms. The summed E-state index contributed by atoms with van der Waals surface area (Å²) in [5.74, 6) is 1.52. The van der Waals surface area contributed by atoms with E-state index in [9.17, 15) is 0 Å². The van der Waals surface area contributed by atoms with Gasteiger partial charge in [0.15, 0.2) is 11.5 Å². The van der Waals surface area contributed by atoms with Crippen molar-refractivity contribution in [2.75, 3.05) is 6.79 Å². The standard InChI is InChI=1S/C12H10BrNO2S/c13-9-4-11-10(15-6-16-11)3-8(9)12(14)7-1-2-17-5-7/h1-5,12H,6,14H2/t12-/m1/s1. The van der Waals surface area contributed by atoms with Crippen LogP contribution < -0.4 is 15.2 Å². The van der Waals surface area contributed by atoms with Crippen LogP contribution in [0.4, 0.5) is 0 Å². The van der Waals surface area contributed by atoms with E-state index in [1.54, 1.807) is 11.3 Å². The van der Waals surface area contributed by atoms with Gasteiger partial charge in [0.05, 0.1) is 6.04 Å². The Morgan fingerprint density at radius 2 is 2.06 bits per heavy atom. The maximum Gasteiger partial charge on any atom is 0.231 e. The van der Waals surface area contributed by atoms with Gasteiger partial charge in [-0.25, -0.2) is 0 Å². The predicted octanol–water partition coefficient (Wildman–Crippen LogP) is 3.29. The molecule has 0 aliphatic carbocycles. The maximum atomic E-state index is 6.24. The quantitative estimate of drug-likeness (QED) is 0.925. The molecule has 17 heavy (non-hydrogen) atoms. The predicted molar refractivity (Wildman–Crippen MR) is 70.6 cm³/mol. The first-order valence-electron chi connectivity index (χ1n) is 5.12. The first kappa shape index (κ1) is 11.1. The second-order valence-electron chi connectivity index (χ2n) is 3.76. The number of nitrogens with two attached hydrogens (primary N) is 1. The normalized spacial score (nSPS) is 14.9. The summed E-state index contributed by atoms with van der Waals surface area (Å²) < 4.78 is 11.6. The number of hydrogen-bond acceptors (Lipinski definition) is 4. The number of thiophene rings is 1. The Hall–Kier alpha value is -1.04. The molecule has 1 aromatic heterocycles. The molecule has 2 N–H and O–H groups in total. The smallest absolute Gasteiger partial charge is 0.231 e. The first-order chi connectivity index (χ1) is 8.25. The van der Waals surface area contributed by atoms with Gasteiger partial charge in [-0.2, -0.15) is 11.3 Å². The number of ether oxygens (including phenoxy) is 2. The van der Waals surface area contributed by atoms with E-state index in [2.05, 4.69) is 21.3 Å². The van der Waals surface area contributed by atoms with Crippen LogP contribution in [-0.2, 0) is 0 Å². The molecule has 2 heterocycles. The van der Waals surface area contributed by atoms with E-state index in [4.69, 9.17) is 15.2 Å². The minimum atomic E-state index is -0.148. The van der Waals surface area contributed by atoms with Crippen LogP contribution in [0.25, 0.3) is 0 Å². The zero-order chi connectivity index (χ0) is 11.8. The summed E-state index contributed by atoms with van der Waals surface area (Å²) in [6.07, 6.45) is 0. The van der Waals surface area contributed by atoms with Gasteiger partial charge in [-0.05, 0) is 40.1 Å². The van der Waals surface area contributed by atoms with Crippen LogP contribution in [0.5, 0.6) is 11.5 Å². The van der Waals surface area contributed by atoms with Crippen molar-refractivity contribution in [1.29, 1.82) is 0 Å². The highest BCUT2D eigenvalue weighted by Crippen LogP contribution is 2.39. The van der Waals surface area contributed by atoms with Crippen LogP contribution in [0.2, 0.25) is 0 Å². The highest BCUT2D eigenvalue weighted by Gasteiger charge is 2.20. The van der Waals surface area contributed by atoms with Crippen molar-refractivity contribution < 1.29 is 9.47 Å². The molecule has 0 saturated heterocycles. The van der Waals surface area contributed by atoms with Gasteiger partial charge in [0.25, 0.3) is 0 Å². The Morgan fingerprint density at radius 3 is 2.76 bits per heavy atom. The van der Waals surface area contributed by atoms with Crippen LogP contribution in [0, 0.1) is 0 Å². The molecule has 1 aliphatic heterocycles. The first-order valence-corrected chi connectivity index (χ1v) is 6.86. The molecule has 1 atom stereocenters. The number of hydrogen-bond donors (Lipinski definition) is 1. The van der Waals surface area contributed by atoms with Gasteiger partial charge < -0.3 is 15.2 Å². The lowest BCUT2D eigenvalue weighted by Gasteiger charge is -2.13. The third-order valence-electron chi connectivity index (χ3n) is 2.73. The fourth-order valence-electron chi connectivity index (χ4n) is 1.80. The van der Waals surface area contributed by atoms with Crippen molar-refractivity contribution in [2.24, 2.45) is 5.73 Å². The van der Waals surface area contributed by atoms with Crippen molar-refractivity contribution in [3.8, 4) is 11.5 Å². The lowest BCUT2D eigenvalue weighted by atomic mass is 10.0. The molecule has 0 unspecified atom stereocenters. The Kier molecular flexibility index (Phi) is 2.82. The zero-order valence-electron chi connectivity index (χ0n) is 8.85. The third kappa shape index (κ3) is 1.94. The summed E-state index contributed by atoms with van der Waals surface area (Å²) in [6.45, 7) is 0.277. The lowest BCUT2D eigenvalue weighted by Crippen LogP contribution is -2.11. The number of halogens is 1. The molecule has 88 valence electrons. The molecule has 0 radical (unpaired) electrons. The summed E-state index contributed by atoms with van der Waals surface area (Å²) >= 11 is 5.17. The molecule has 2 aromatic rings. The number of fused-ring (bicyclic) bond motifs is 1. The molecule has 0 amide bonds. The van der Waals surface area contributed by atoms with Crippen molar-refractivity contribution >= 4 is 27.3 Å². The van der Waals surface area contributed by atoms with Crippen molar-refractivity contribution in [3.63, 3.8) is 0 Å². The van der Waals surface area contributed by atoms with Crippen LogP contribution in [0.3, 0.4) is 0 Å². The topological polar surface area (TPSA) is 44.5 Å². The number of rotatable bonds is 2. The summed E-state index contributed by atoms with van der Waals surface area (Å²) in [6, 6.07) is 5.73. The van der Waals surface area contributed by atoms with Crippen molar-refractivity contribution in [3.05, 3.63) is 44.6 Å². The van der Waals surface area contributed by atoms with Gasteiger partial charge in [0, 0.05) is 4.47 Å². The fourth-order valence-corrected chi connectivity index (χ4v) is 3.07. The van der Waals surface area contributed by atoms with Crippen LogP contribution in [0.1, 0.15) is 17.2 Å². The fraction of sp³-hybridized carbons (Fsp3) is 0.167. The van der Waals surface area contributed by atoms with Gasteiger partial charge in [-0.1, -0.05) is 15.9 Å². The molecule has 0 spiro atoms. The Morgan fingerprint density at radius 1 is 1.29 bits per heavy atom. The van der Waals surface area contributed by atoms with Gasteiger partial charge in [0.2, 0.25) is 6.79 Å². The monoisotopic (exact) mass is 311 g/mol. The van der Waals surface area contributed by atoms with Crippen LogP contribution in [0.15, 0.2) is 33.4 Å². The van der Waals surface area contributed by atoms with E-state index in [0.717, 1.165) is 27.1 Å². The highest BCUT2D eigenvalue weighted by molar-refractivity contribution is 9.10. The van der Waals surface area contributed by atoms with Gasteiger partial charge >= 0.3 is 0 Å².